The first-order valence-electron chi connectivity index (χ1n) is 5.09. The van der Waals surface area contributed by atoms with Gasteiger partial charge in [0.2, 0.25) is 0 Å². The first-order valence-corrected chi connectivity index (χ1v) is 5.47. The third-order valence-corrected chi connectivity index (χ3v) is 2.46. The molecule has 0 saturated heterocycles. The number of hydrogen-bond acceptors (Lipinski definition) is 3. The van der Waals surface area contributed by atoms with Crippen LogP contribution in [0.2, 0.25) is 5.02 Å². The second kappa shape index (κ2) is 4.77. The Morgan fingerprint density at radius 3 is 2.65 bits per heavy atom. The third kappa shape index (κ3) is 2.78. The summed E-state index contributed by atoms with van der Waals surface area (Å²) in [5.74, 6) is 0.0266. The van der Waals surface area contributed by atoms with E-state index in [1.54, 1.807) is 12.1 Å². The lowest BCUT2D eigenvalue weighted by molar-refractivity contribution is 0.628. The van der Waals surface area contributed by atoms with Gasteiger partial charge in [-0.2, -0.15) is 0 Å². The summed E-state index contributed by atoms with van der Waals surface area (Å²) in [4.78, 5) is 8.49. The molecule has 2 rings (SSSR count). The molecule has 1 aromatic carbocycles. The van der Waals surface area contributed by atoms with Gasteiger partial charge in [0, 0.05) is 22.8 Å². The highest BCUT2D eigenvalue weighted by Crippen LogP contribution is 2.22. The Bertz CT molecular complexity index is 537. The van der Waals surface area contributed by atoms with E-state index in [4.69, 9.17) is 17.3 Å². The van der Waals surface area contributed by atoms with Gasteiger partial charge in [0.1, 0.15) is 5.82 Å². The van der Waals surface area contributed by atoms with Gasteiger partial charge in [-0.1, -0.05) is 11.6 Å². The molecule has 0 atom stereocenters. The van der Waals surface area contributed by atoms with E-state index in [0.717, 1.165) is 5.69 Å². The Kier molecular flexibility index (Phi) is 3.36. The van der Waals surface area contributed by atoms with Crippen LogP contribution in [0.5, 0.6) is 0 Å². The highest BCUT2D eigenvalue weighted by Gasteiger charge is 2.07. The first-order chi connectivity index (χ1) is 8.08. The van der Waals surface area contributed by atoms with Gasteiger partial charge in [-0.25, -0.2) is 14.4 Å². The maximum atomic E-state index is 13.2. The van der Waals surface area contributed by atoms with Crippen LogP contribution in [0.4, 0.5) is 4.39 Å². The van der Waals surface area contributed by atoms with Crippen LogP contribution in [-0.2, 0) is 6.54 Å². The molecule has 3 nitrogen and oxygen atoms in total. The smallest absolute Gasteiger partial charge is 0.159 e. The van der Waals surface area contributed by atoms with E-state index in [9.17, 15) is 4.39 Å². The largest absolute Gasteiger partial charge is 0.325 e. The maximum absolute atomic E-state index is 13.2. The highest BCUT2D eigenvalue weighted by atomic mass is 35.5. The first kappa shape index (κ1) is 12.0. The fraction of sp³-hybridized carbons (Fsp3) is 0.167. The molecular weight excluding hydrogens is 241 g/mol. The van der Waals surface area contributed by atoms with Gasteiger partial charge < -0.3 is 5.73 Å². The van der Waals surface area contributed by atoms with Crippen LogP contribution in [0.15, 0.2) is 24.3 Å². The molecule has 1 heterocycles. The zero-order valence-corrected chi connectivity index (χ0v) is 10.0. The van der Waals surface area contributed by atoms with Crippen molar-refractivity contribution < 1.29 is 4.39 Å². The van der Waals surface area contributed by atoms with E-state index in [-0.39, 0.29) is 0 Å². The molecule has 0 fully saturated rings. The van der Waals surface area contributed by atoms with Crippen molar-refractivity contribution in [2.45, 2.75) is 13.5 Å². The summed E-state index contributed by atoms with van der Waals surface area (Å²) < 4.78 is 13.2. The topological polar surface area (TPSA) is 51.8 Å². The summed E-state index contributed by atoms with van der Waals surface area (Å²) in [6.07, 6.45) is 0. The van der Waals surface area contributed by atoms with Crippen LogP contribution in [0.25, 0.3) is 11.4 Å². The number of halogens is 2. The Hall–Kier alpha value is -1.52. The summed E-state index contributed by atoms with van der Waals surface area (Å²) in [5.41, 5.74) is 7.59. The molecule has 2 N–H and O–H groups in total. The predicted molar refractivity (Wildman–Crippen MR) is 65.1 cm³/mol. The Morgan fingerprint density at radius 1 is 1.24 bits per heavy atom. The summed E-state index contributed by atoms with van der Waals surface area (Å²) in [7, 11) is 0. The summed E-state index contributed by atoms with van der Waals surface area (Å²) in [5, 5.41) is 0.319. The van der Waals surface area contributed by atoms with Crippen LogP contribution in [0.3, 0.4) is 0 Å². The van der Waals surface area contributed by atoms with Gasteiger partial charge in [0.05, 0.1) is 5.69 Å². The zero-order chi connectivity index (χ0) is 12.4. The lowest BCUT2D eigenvalue weighted by Crippen LogP contribution is -2.03. The van der Waals surface area contributed by atoms with E-state index in [1.807, 2.05) is 6.92 Å². The van der Waals surface area contributed by atoms with Crippen LogP contribution in [0.1, 0.15) is 11.4 Å². The van der Waals surface area contributed by atoms with Gasteiger partial charge in [-0.05, 0) is 31.2 Å². The van der Waals surface area contributed by atoms with Crippen molar-refractivity contribution in [3.05, 3.63) is 46.5 Å². The number of nitrogens with two attached hydrogens (primary N) is 1. The fourth-order valence-corrected chi connectivity index (χ4v) is 1.77. The van der Waals surface area contributed by atoms with Gasteiger partial charge in [-0.15, -0.1) is 0 Å². The summed E-state index contributed by atoms with van der Waals surface area (Å²) in [6.45, 7) is 2.16. The predicted octanol–water partition coefficient (Wildman–Crippen LogP) is 2.70. The minimum atomic E-state index is -0.410. The van der Waals surface area contributed by atoms with Crippen molar-refractivity contribution >= 4 is 11.6 Å². The molecule has 0 unspecified atom stereocenters. The quantitative estimate of drug-likeness (QED) is 0.893. The minimum absolute atomic E-state index is 0.319. The molecule has 0 amide bonds. The molecular formula is C12H11ClFN3. The van der Waals surface area contributed by atoms with E-state index in [0.29, 0.717) is 28.6 Å². The fourth-order valence-electron chi connectivity index (χ4n) is 1.55. The molecule has 88 valence electrons. The SMILES string of the molecule is Cc1cc(CN)nc(-c2cc(F)cc(Cl)c2)n1. The standard InChI is InChI=1S/C12H11ClFN3/c1-7-2-11(6-15)17-12(16-7)8-3-9(13)5-10(14)4-8/h2-5H,6,15H2,1H3. The molecule has 0 spiro atoms. The van der Waals surface area contributed by atoms with Crippen LogP contribution in [0, 0.1) is 12.7 Å². The van der Waals surface area contributed by atoms with Gasteiger partial charge in [0.25, 0.3) is 0 Å². The Morgan fingerprint density at radius 2 is 2.00 bits per heavy atom. The second-order valence-corrected chi connectivity index (χ2v) is 4.12. The van der Waals surface area contributed by atoms with Crippen molar-refractivity contribution in [1.82, 2.24) is 9.97 Å². The normalized spacial score (nSPS) is 10.6. The molecule has 0 saturated carbocycles. The third-order valence-electron chi connectivity index (χ3n) is 2.24. The molecule has 17 heavy (non-hydrogen) atoms. The van der Waals surface area contributed by atoms with Crippen LogP contribution >= 0.6 is 11.6 Å². The molecule has 0 aliphatic carbocycles. The van der Waals surface area contributed by atoms with E-state index in [1.165, 1.54) is 12.1 Å². The van der Waals surface area contributed by atoms with Crippen molar-refractivity contribution in [1.29, 1.82) is 0 Å². The zero-order valence-electron chi connectivity index (χ0n) is 9.24. The highest BCUT2D eigenvalue weighted by molar-refractivity contribution is 6.30. The molecule has 0 aliphatic heterocycles. The van der Waals surface area contributed by atoms with Crippen molar-refractivity contribution in [3.63, 3.8) is 0 Å². The number of benzene rings is 1. The Labute approximate surface area is 103 Å². The average Bonchev–Trinajstić information content (AvgIpc) is 2.26. The number of aryl methyl sites for hydroxylation is 1. The number of rotatable bonds is 2. The summed E-state index contributed by atoms with van der Waals surface area (Å²) >= 11 is 5.79. The average molecular weight is 252 g/mol. The lowest BCUT2D eigenvalue weighted by atomic mass is 10.2. The van der Waals surface area contributed by atoms with E-state index in [2.05, 4.69) is 9.97 Å². The minimum Gasteiger partial charge on any atom is -0.325 e. The second-order valence-electron chi connectivity index (χ2n) is 3.69. The molecule has 0 bridgehead atoms. The van der Waals surface area contributed by atoms with E-state index < -0.39 is 5.82 Å². The van der Waals surface area contributed by atoms with Crippen molar-refractivity contribution in [3.8, 4) is 11.4 Å². The lowest BCUT2D eigenvalue weighted by Gasteiger charge is -2.05. The monoisotopic (exact) mass is 251 g/mol. The van der Waals surface area contributed by atoms with Gasteiger partial charge in [0.15, 0.2) is 5.82 Å². The molecule has 2 aromatic rings. The molecule has 0 radical (unpaired) electrons. The number of aromatic nitrogens is 2. The van der Waals surface area contributed by atoms with Crippen LogP contribution in [-0.4, -0.2) is 9.97 Å². The Balaban J connectivity index is 2.55. The molecule has 1 aromatic heterocycles. The van der Waals surface area contributed by atoms with Crippen molar-refractivity contribution in [2.75, 3.05) is 0 Å². The number of hydrogen-bond donors (Lipinski definition) is 1. The van der Waals surface area contributed by atoms with Gasteiger partial charge >= 0.3 is 0 Å². The summed E-state index contributed by atoms with van der Waals surface area (Å²) in [6, 6.07) is 6.01. The number of nitrogens with zero attached hydrogens (tertiary/aromatic N) is 2. The van der Waals surface area contributed by atoms with Gasteiger partial charge in [-0.3, -0.25) is 0 Å². The molecule has 0 aliphatic rings. The van der Waals surface area contributed by atoms with E-state index >= 15 is 0 Å². The molecule has 5 heteroatoms. The van der Waals surface area contributed by atoms with Crippen LogP contribution < -0.4 is 5.73 Å². The maximum Gasteiger partial charge on any atom is 0.159 e. The van der Waals surface area contributed by atoms with Crippen molar-refractivity contribution in [2.24, 2.45) is 5.73 Å².